The second kappa shape index (κ2) is 4.75. The fraction of sp³-hybridized carbons (Fsp3) is 0.100. The van der Waals surface area contributed by atoms with Crippen molar-refractivity contribution in [2.24, 2.45) is 0 Å². The molecule has 0 radical (unpaired) electrons. The first-order valence-electron chi connectivity index (χ1n) is 4.44. The van der Waals surface area contributed by atoms with Crippen LogP contribution in [-0.4, -0.2) is 15.0 Å². The van der Waals surface area contributed by atoms with Crippen LogP contribution in [0.25, 0.3) is 0 Å². The minimum atomic E-state index is 0.736. The van der Waals surface area contributed by atoms with Gasteiger partial charge in [0, 0.05) is 30.0 Å². The van der Waals surface area contributed by atoms with Gasteiger partial charge in [-0.1, -0.05) is 11.8 Å². The zero-order valence-corrected chi connectivity index (χ0v) is 8.81. The molecule has 0 amide bonds. The second-order valence-corrected chi connectivity index (χ2v) is 3.91. The summed E-state index contributed by atoms with van der Waals surface area (Å²) in [5.41, 5.74) is 7.34. The summed E-state index contributed by atoms with van der Waals surface area (Å²) in [6.07, 6.45) is 6.77. The number of nitrogen functional groups attached to an aromatic ring is 1. The lowest BCUT2D eigenvalue weighted by Gasteiger charge is -2.00. The van der Waals surface area contributed by atoms with Gasteiger partial charge in [-0.15, -0.1) is 0 Å². The molecule has 0 saturated heterocycles. The molecule has 2 heterocycles. The van der Waals surface area contributed by atoms with Crippen LogP contribution in [0.1, 0.15) is 5.69 Å². The van der Waals surface area contributed by atoms with E-state index in [-0.39, 0.29) is 0 Å². The first-order chi connectivity index (χ1) is 7.34. The molecule has 5 heteroatoms. The van der Waals surface area contributed by atoms with E-state index >= 15 is 0 Å². The summed E-state index contributed by atoms with van der Waals surface area (Å²) in [6, 6.07) is 3.64. The number of pyridine rings is 1. The van der Waals surface area contributed by atoms with E-state index in [1.165, 1.54) is 0 Å². The maximum Gasteiger partial charge on any atom is 0.115 e. The maximum atomic E-state index is 5.65. The summed E-state index contributed by atoms with van der Waals surface area (Å²) < 4.78 is 0. The Bertz CT molecular complexity index is 432. The predicted molar refractivity (Wildman–Crippen MR) is 60.2 cm³/mol. The van der Waals surface area contributed by atoms with Gasteiger partial charge >= 0.3 is 0 Å². The quantitative estimate of drug-likeness (QED) is 0.795. The molecule has 2 N–H and O–H groups in total. The second-order valence-electron chi connectivity index (χ2n) is 2.91. The number of nitrogens with zero attached hydrogens (tertiary/aromatic N) is 3. The molecule has 0 fully saturated rings. The van der Waals surface area contributed by atoms with E-state index in [2.05, 4.69) is 15.0 Å². The van der Waals surface area contributed by atoms with Gasteiger partial charge in [-0.25, -0.2) is 4.98 Å². The van der Waals surface area contributed by atoms with Crippen molar-refractivity contribution in [2.75, 3.05) is 5.73 Å². The fourth-order valence-electron chi connectivity index (χ4n) is 1.08. The molecule has 0 aliphatic carbocycles. The Morgan fingerprint density at radius 1 is 1.20 bits per heavy atom. The topological polar surface area (TPSA) is 64.7 Å². The summed E-state index contributed by atoms with van der Waals surface area (Å²) in [4.78, 5) is 12.3. The van der Waals surface area contributed by atoms with E-state index < -0.39 is 0 Å². The highest BCUT2D eigenvalue weighted by atomic mass is 32.2. The van der Waals surface area contributed by atoms with Crippen LogP contribution in [0, 0.1) is 0 Å². The van der Waals surface area contributed by atoms with Crippen molar-refractivity contribution in [3.05, 3.63) is 42.6 Å². The number of nitrogens with two attached hydrogens (primary N) is 1. The normalized spacial score (nSPS) is 10.1. The molecular formula is C10H10N4S. The van der Waals surface area contributed by atoms with Crippen LogP contribution >= 0.6 is 11.8 Å². The third kappa shape index (κ3) is 2.92. The van der Waals surface area contributed by atoms with Gasteiger partial charge in [0.05, 0.1) is 11.9 Å². The maximum absolute atomic E-state index is 5.65. The number of aromatic nitrogens is 3. The molecule has 0 unspecified atom stereocenters. The molecule has 0 aromatic carbocycles. The average Bonchev–Trinajstić information content (AvgIpc) is 2.28. The Hall–Kier alpha value is -1.62. The standard InChI is InChI=1S/C10H10N4S/c11-8-1-2-13-9(5-8)7-15-10-6-12-3-4-14-10/h1-6H,7H2,(H2,11,13). The molecule has 15 heavy (non-hydrogen) atoms. The van der Waals surface area contributed by atoms with E-state index in [1.807, 2.05) is 6.07 Å². The molecule has 4 nitrogen and oxygen atoms in total. The van der Waals surface area contributed by atoms with Gasteiger partial charge in [0.2, 0.25) is 0 Å². The monoisotopic (exact) mass is 218 g/mol. The van der Waals surface area contributed by atoms with Gasteiger partial charge in [0.15, 0.2) is 0 Å². The molecule has 2 aromatic rings. The van der Waals surface area contributed by atoms with Crippen LogP contribution in [0.3, 0.4) is 0 Å². The van der Waals surface area contributed by atoms with Gasteiger partial charge in [-0.2, -0.15) is 0 Å². The van der Waals surface area contributed by atoms with Crippen LogP contribution in [0.4, 0.5) is 5.69 Å². The molecule has 0 bridgehead atoms. The Balaban J connectivity index is 1.99. The first kappa shape index (κ1) is 9.92. The Morgan fingerprint density at radius 2 is 2.13 bits per heavy atom. The van der Waals surface area contributed by atoms with Crippen LogP contribution < -0.4 is 5.73 Å². The highest BCUT2D eigenvalue weighted by molar-refractivity contribution is 7.98. The molecule has 0 saturated carbocycles. The number of thioether (sulfide) groups is 1. The van der Waals surface area contributed by atoms with Crippen LogP contribution in [0.5, 0.6) is 0 Å². The summed E-state index contributed by atoms with van der Waals surface area (Å²) in [5.74, 6) is 0.754. The zero-order valence-electron chi connectivity index (χ0n) is 8.00. The van der Waals surface area contributed by atoms with Gasteiger partial charge < -0.3 is 5.73 Å². The highest BCUT2D eigenvalue weighted by Gasteiger charge is 1.98. The summed E-state index contributed by atoms with van der Waals surface area (Å²) in [5, 5.41) is 0.890. The molecule has 0 aliphatic heterocycles. The van der Waals surface area contributed by atoms with E-state index in [4.69, 9.17) is 5.73 Å². The summed E-state index contributed by atoms with van der Waals surface area (Å²) in [6.45, 7) is 0. The van der Waals surface area contributed by atoms with Gasteiger partial charge in [0.1, 0.15) is 5.03 Å². The van der Waals surface area contributed by atoms with E-state index in [0.29, 0.717) is 0 Å². The van der Waals surface area contributed by atoms with Crippen LogP contribution in [0.15, 0.2) is 41.9 Å². The van der Waals surface area contributed by atoms with Crippen LogP contribution in [-0.2, 0) is 5.75 Å². The van der Waals surface area contributed by atoms with E-state index in [9.17, 15) is 0 Å². The van der Waals surface area contributed by atoms with Crippen molar-refractivity contribution in [1.82, 2.24) is 15.0 Å². The number of rotatable bonds is 3. The van der Waals surface area contributed by atoms with Crippen molar-refractivity contribution in [3.63, 3.8) is 0 Å². The zero-order chi connectivity index (χ0) is 10.5. The Labute approximate surface area is 92.0 Å². The summed E-state index contributed by atoms with van der Waals surface area (Å²) >= 11 is 1.59. The third-order valence-corrected chi connectivity index (χ3v) is 2.69. The van der Waals surface area contributed by atoms with Crippen molar-refractivity contribution in [3.8, 4) is 0 Å². The summed E-state index contributed by atoms with van der Waals surface area (Å²) in [7, 11) is 0. The molecular weight excluding hydrogens is 208 g/mol. The van der Waals surface area contributed by atoms with Gasteiger partial charge in [-0.3, -0.25) is 9.97 Å². The lowest BCUT2D eigenvalue weighted by molar-refractivity contribution is 1.05. The number of hydrogen-bond acceptors (Lipinski definition) is 5. The minimum Gasteiger partial charge on any atom is -0.399 e. The smallest absolute Gasteiger partial charge is 0.115 e. The minimum absolute atomic E-state index is 0.736. The van der Waals surface area contributed by atoms with Gasteiger partial charge in [-0.05, 0) is 12.1 Å². The van der Waals surface area contributed by atoms with Crippen molar-refractivity contribution < 1.29 is 0 Å². The number of anilines is 1. The molecule has 76 valence electrons. The van der Waals surface area contributed by atoms with E-state index in [1.54, 1.807) is 42.6 Å². The third-order valence-electron chi connectivity index (χ3n) is 1.75. The SMILES string of the molecule is Nc1ccnc(CSc2cnccn2)c1. The van der Waals surface area contributed by atoms with Crippen molar-refractivity contribution >= 4 is 17.4 Å². The average molecular weight is 218 g/mol. The largest absolute Gasteiger partial charge is 0.399 e. The molecule has 0 spiro atoms. The number of hydrogen-bond donors (Lipinski definition) is 1. The first-order valence-corrected chi connectivity index (χ1v) is 5.42. The molecule has 0 aliphatic rings. The molecule has 2 aromatic heterocycles. The van der Waals surface area contributed by atoms with Crippen molar-refractivity contribution in [1.29, 1.82) is 0 Å². The predicted octanol–water partition coefficient (Wildman–Crippen LogP) is 1.75. The fourth-order valence-corrected chi connectivity index (χ4v) is 1.81. The molecule has 0 atom stereocenters. The molecule has 2 rings (SSSR count). The van der Waals surface area contributed by atoms with Crippen LogP contribution in [0.2, 0.25) is 0 Å². The Morgan fingerprint density at radius 3 is 2.87 bits per heavy atom. The lowest BCUT2D eigenvalue weighted by atomic mass is 10.3. The van der Waals surface area contributed by atoms with Gasteiger partial charge in [0.25, 0.3) is 0 Å². The lowest BCUT2D eigenvalue weighted by Crippen LogP contribution is -1.91. The van der Waals surface area contributed by atoms with E-state index in [0.717, 1.165) is 22.2 Å². The highest BCUT2D eigenvalue weighted by Crippen LogP contribution is 2.18. The Kier molecular flexibility index (Phi) is 3.14. The van der Waals surface area contributed by atoms with Crippen molar-refractivity contribution in [2.45, 2.75) is 10.8 Å².